The number of amides is 1. The summed E-state index contributed by atoms with van der Waals surface area (Å²) < 4.78 is 34.2. The molecule has 1 heterocycles. The van der Waals surface area contributed by atoms with E-state index in [2.05, 4.69) is 5.32 Å². The molecule has 0 radical (unpaired) electrons. The molecule has 1 aliphatic heterocycles. The maximum atomic E-state index is 13.5. The first-order valence-electron chi connectivity index (χ1n) is 10.7. The SMILES string of the molecule is CCc1cccc(C)c1NC(=O)[C@H]1CN(S(=O)(=O)c2ccc(C)cc2)c2cc(Cl)ccc2O1. The molecular weight excluding hydrogens is 460 g/mol. The van der Waals surface area contributed by atoms with Crippen molar-refractivity contribution in [2.45, 2.75) is 38.2 Å². The first kappa shape index (κ1) is 23.1. The molecular formula is C25H25ClN2O4S. The van der Waals surface area contributed by atoms with Gasteiger partial charge in [-0.2, -0.15) is 0 Å². The van der Waals surface area contributed by atoms with Crippen LogP contribution < -0.4 is 14.4 Å². The van der Waals surface area contributed by atoms with Crippen molar-refractivity contribution in [3.63, 3.8) is 0 Å². The summed E-state index contributed by atoms with van der Waals surface area (Å²) >= 11 is 6.16. The number of carbonyl (C=O) groups excluding carboxylic acids is 1. The largest absolute Gasteiger partial charge is 0.476 e. The Kier molecular flexibility index (Phi) is 6.36. The van der Waals surface area contributed by atoms with Crippen molar-refractivity contribution in [1.82, 2.24) is 0 Å². The van der Waals surface area contributed by atoms with Crippen LogP contribution in [0.4, 0.5) is 11.4 Å². The zero-order valence-corrected chi connectivity index (χ0v) is 20.2. The lowest BCUT2D eigenvalue weighted by Crippen LogP contribution is -2.49. The Morgan fingerprint density at radius 1 is 1.12 bits per heavy atom. The molecule has 0 saturated heterocycles. The third-order valence-corrected chi connectivity index (χ3v) is 7.71. The van der Waals surface area contributed by atoms with Gasteiger partial charge in [-0.05, 0) is 61.7 Å². The van der Waals surface area contributed by atoms with Gasteiger partial charge in [0.15, 0.2) is 6.10 Å². The van der Waals surface area contributed by atoms with Crippen LogP contribution in [0.1, 0.15) is 23.6 Å². The number of nitrogens with zero attached hydrogens (tertiary/aromatic N) is 1. The van der Waals surface area contributed by atoms with Crippen LogP contribution in [0.3, 0.4) is 0 Å². The summed E-state index contributed by atoms with van der Waals surface area (Å²) in [4.78, 5) is 13.4. The Labute approximate surface area is 199 Å². The fourth-order valence-electron chi connectivity index (χ4n) is 3.83. The number of rotatable bonds is 5. The van der Waals surface area contributed by atoms with E-state index >= 15 is 0 Å². The minimum absolute atomic E-state index is 0.132. The second kappa shape index (κ2) is 9.08. The molecule has 3 aromatic carbocycles. The lowest BCUT2D eigenvalue weighted by molar-refractivity contribution is -0.122. The molecule has 6 nitrogen and oxygen atoms in total. The zero-order valence-electron chi connectivity index (χ0n) is 18.6. The summed E-state index contributed by atoms with van der Waals surface area (Å²) in [6.07, 6.45) is -0.291. The maximum Gasteiger partial charge on any atom is 0.267 e. The molecule has 0 bridgehead atoms. The molecule has 0 fully saturated rings. The average molecular weight is 485 g/mol. The fraction of sp³-hybridized carbons (Fsp3) is 0.240. The molecule has 1 aliphatic rings. The Morgan fingerprint density at radius 2 is 1.85 bits per heavy atom. The lowest BCUT2D eigenvalue weighted by Gasteiger charge is -2.35. The van der Waals surface area contributed by atoms with Crippen LogP contribution in [0.5, 0.6) is 5.75 Å². The van der Waals surface area contributed by atoms with Gasteiger partial charge in [0.25, 0.3) is 15.9 Å². The van der Waals surface area contributed by atoms with Gasteiger partial charge in [0.2, 0.25) is 0 Å². The number of sulfonamides is 1. The number of nitrogens with one attached hydrogen (secondary N) is 1. The normalized spacial score (nSPS) is 15.5. The monoisotopic (exact) mass is 484 g/mol. The van der Waals surface area contributed by atoms with Gasteiger partial charge in [-0.1, -0.05) is 54.4 Å². The summed E-state index contributed by atoms with van der Waals surface area (Å²) in [5, 5.41) is 3.32. The molecule has 0 spiro atoms. The summed E-state index contributed by atoms with van der Waals surface area (Å²) in [6, 6.07) is 17.1. The number of aryl methyl sites for hydroxylation is 3. The molecule has 1 N–H and O–H groups in total. The molecule has 4 rings (SSSR count). The Morgan fingerprint density at radius 3 is 2.55 bits per heavy atom. The summed E-state index contributed by atoms with van der Waals surface area (Å²) in [5.74, 6) is -0.134. The minimum Gasteiger partial charge on any atom is -0.476 e. The number of ether oxygens (including phenoxy) is 1. The number of fused-ring (bicyclic) bond motifs is 1. The van der Waals surface area contributed by atoms with E-state index < -0.39 is 22.0 Å². The van der Waals surface area contributed by atoms with Gasteiger partial charge >= 0.3 is 0 Å². The highest BCUT2D eigenvalue weighted by atomic mass is 35.5. The Bertz CT molecular complexity index is 1310. The number of benzene rings is 3. The molecule has 8 heteroatoms. The quantitative estimate of drug-likeness (QED) is 0.545. The molecule has 172 valence electrons. The van der Waals surface area contributed by atoms with Gasteiger partial charge in [0.1, 0.15) is 5.75 Å². The van der Waals surface area contributed by atoms with Crippen molar-refractivity contribution in [3.8, 4) is 5.75 Å². The van der Waals surface area contributed by atoms with E-state index in [-0.39, 0.29) is 17.2 Å². The number of para-hydroxylation sites is 1. The first-order chi connectivity index (χ1) is 15.7. The second-order valence-electron chi connectivity index (χ2n) is 8.02. The highest BCUT2D eigenvalue weighted by molar-refractivity contribution is 7.92. The standard InChI is InChI=1S/C25H25ClN2O4S/c1-4-18-7-5-6-17(3)24(18)27-25(29)23-15-28(21-14-19(26)10-13-22(21)32-23)33(30,31)20-11-8-16(2)9-12-20/h5-14,23H,4,15H2,1-3H3,(H,27,29)/t23-/m1/s1. The van der Waals surface area contributed by atoms with Crippen LogP contribution in [0.25, 0.3) is 0 Å². The number of hydrogen-bond acceptors (Lipinski definition) is 4. The Hall–Kier alpha value is -3.03. The van der Waals surface area contributed by atoms with E-state index in [0.29, 0.717) is 10.7 Å². The smallest absolute Gasteiger partial charge is 0.267 e. The summed E-state index contributed by atoms with van der Waals surface area (Å²) in [6.45, 7) is 5.64. The van der Waals surface area contributed by atoms with Crippen molar-refractivity contribution in [2.24, 2.45) is 0 Å². The van der Waals surface area contributed by atoms with E-state index in [1.165, 1.54) is 10.4 Å². The van der Waals surface area contributed by atoms with Gasteiger partial charge in [-0.25, -0.2) is 8.42 Å². The highest BCUT2D eigenvalue weighted by Crippen LogP contribution is 2.39. The highest BCUT2D eigenvalue weighted by Gasteiger charge is 2.38. The summed E-state index contributed by atoms with van der Waals surface area (Å²) in [5.41, 5.74) is 3.90. The molecule has 0 saturated carbocycles. The molecule has 1 amide bonds. The first-order valence-corrected chi connectivity index (χ1v) is 12.5. The molecule has 0 aromatic heterocycles. The van der Waals surface area contributed by atoms with Crippen molar-refractivity contribution >= 4 is 38.9 Å². The molecule has 33 heavy (non-hydrogen) atoms. The summed E-state index contributed by atoms with van der Waals surface area (Å²) in [7, 11) is -3.95. The van der Waals surface area contributed by atoms with Crippen LogP contribution in [0.2, 0.25) is 5.02 Å². The average Bonchev–Trinajstić information content (AvgIpc) is 2.79. The number of anilines is 2. The van der Waals surface area contributed by atoms with Gasteiger partial charge in [0, 0.05) is 10.7 Å². The second-order valence-corrected chi connectivity index (χ2v) is 10.3. The van der Waals surface area contributed by atoms with Crippen molar-refractivity contribution in [1.29, 1.82) is 0 Å². The van der Waals surface area contributed by atoms with Crippen molar-refractivity contribution in [2.75, 3.05) is 16.2 Å². The molecule has 0 unspecified atom stereocenters. The lowest BCUT2D eigenvalue weighted by atomic mass is 10.1. The molecule has 3 aromatic rings. The maximum absolute atomic E-state index is 13.5. The van der Waals surface area contributed by atoms with Crippen LogP contribution in [0.15, 0.2) is 65.6 Å². The van der Waals surface area contributed by atoms with E-state index in [1.807, 2.05) is 39.0 Å². The van der Waals surface area contributed by atoms with Crippen LogP contribution in [-0.4, -0.2) is 27.0 Å². The fourth-order valence-corrected chi connectivity index (χ4v) is 5.47. The molecule has 0 aliphatic carbocycles. The third kappa shape index (κ3) is 4.56. The van der Waals surface area contributed by atoms with Crippen LogP contribution >= 0.6 is 11.6 Å². The Balaban J connectivity index is 1.71. The van der Waals surface area contributed by atoms with Gasteiger partial charge in [-0.3, -0.25) is 9.10 Å². The number of halogens is 1. The van der Waals surface area contributed by atoms with Crippen molar-refractivity contribution in [3.05, 3.63) is 82.4 Å². The number of hydrogen-bond donors (Lipinski definition) is 1. The van der Waals surface area contributed by atoms with E-state index in [9.17, 15) is 13.2 Å². The minimum atomic E-state index is -3.95. The zero-order chi connectivity index (χ0) is 23.8. The third-order valence-electron chi connectivity index (χ3n) is 5.68. The number of carbonyl (C=O) groups is 1. The van der Waals surface area contributed by atoms with Gasteiger partial charge < -0.3 is 10.1 Å². The van der Waals surface area contributed by atoms with E-state index in [0.717, 1.165) is 28.8 Å². The van der Waals surface area contributed by atoms with Gasteiger partial charge in [-0.15, -0.1) is 0 Å². The van der Waals surface area contributed by atoms with Crippen LogP contribution in [-0.2, 0) is 21.2 Å². The topological polar surface area (TPSA) is 75.7 Å². The predicted octanol–water partition coefficient (Wildman–Crippen LogP) is 5.11. The van der Waals surface area contributed by atoms with Crippen molar-refractivity contribution < 1.29 is 17.9 Å². The van der Waals surface area contributed by atoms with Crippen LogP contribution in [0, 0.1) is 13.8 Å². The predicted molar refractivity (Wildman–Crippen MR) is 131 cm³/mol. The van der Waals surface area contributed by atoms with E-state index in [4.69, 9.17) is 16.3 Å². The van der Waals surface area contributed by atoms with Gasteiger partial charge in [0.05, 0.1) is 17.1 Å². The molecule has 1 atom stereocenters. The van der Waals surface area contributed by atoms with E-state index in [1.54, 1.807) is 36.4 Å².